The van der Waals surface area contributed by atoms with Gasteiger partial charge in [-0.3, -0.25) is 9.59 Å². The molecule has 0 radical (unpaired) electrons. The summed E-state index contributed by atoms with van der Waals surface area (Å²) in [5.41, 5.74) is 2.66. The Labute approximate surface area is 179 Å². The molecule has 1 heterocycles. The zero-order chi connectivity index (χ0) is 19.9. The highest BCUT2D eigenvalue weighted by atomic mass is 35.5. The molecule has 2 aromatic carbocycles. The fourth-order valence-corrected chi connectivity index (χ4v) is 3.79. The van der Waals surface area contributed by atoms with Gasteiger partial charge >= 0.3 is 0 Å². The second-order valence-corrected chi connectivity index (χ2v) is 7.45. The number of carbonyl (C=O) groups is 2. The number of amides is 2. The van der Waals surface area contributed by atoms with E-state index in [0.717, 1.165) is 37.1 Å². The molecule has 0 saturated carbocycles. The Morgan fingerprint density at radius 2 is 1.79 bits per heavy atom. The van der Waals surface area contributed by atoms with E-state index in [0.29, 0.717) is 5.56 Å². The average Bonchev–Trinajstić information content (AvgIpc) is 3.17. The fourth-order valence-electron chi connectivity index (χ4n) is 3.79. The van der Waals surface area contributed by atoms with Gasteiger partial charge in [-0.25, -0.2) is 0 Å². The van der Waals surface area contributed by atoms with Gasteiger partial charge in [0.15, 0.2) is 0 Å². The van der Waals surface area contributed by atoms with Crippen LogP contribution >= 0.6 is 12.4 Å². The summed E-state index contributed by atoms with van der Waals surface area (Å²) in [7, 11) is 1.91. The second kappa shape index (κ2) is 11.0. The number of likely N-dealkylation sites (N-methyl/N-ethyl adjacent to an activating group) is 1. The van der Waals surface area contributed by atoms with E-state index in [1.54, 1.807) is 0 Å². The summed E-state index contributed by atoms with van der Waals surface area (Å²) in [6, 6.07) is 17.1. The lowest BCUT2D eigenvalue weighted by molar-refractivity contribution is -0.132. The van der Waals surface area contributed by atoms with E-state index in [4.69, 9.17) is 0 Å². The monoisotopic (exact) mass is 415 g/mol. The van der Waals surface area contributed by atoms with Crippen LogP contribution in [0.4, 0.5) is 0 Å². The molecule has 0 aliphatic carbocycles. The normalized spacial score (nSPS) is 16.8. The van der Waals surface area contributed by atoms with Gasteiger partial charge in [0.25, 0.3) is 5.91 Å². The number of carbonyl (C=O) groups excluding carboxylic acids is 2. The van der Waals surface area contributed by atoms with Gasteiger partial charge in [-0.05, 0) is 44.5 Å². The van der Waals surface area contributed by atoms with E-state index >= 15 is 0 Å². The number of hydrogen-bond donors (Lipinski definition) is 2. The zero-order valence-corrected chi connectivity index (χ0v) is 17.9. The Morgan fingerprint density at radius 3 is 2.45 bits per heavy atom. The van der Waals surface area contributed by atoms with Gasteiger partial charge in [0.1, 0.15) is 0 Å². The van der Waals surface area contributed by atoms with Crippen LogP contribution in [0.3, 0.4) is 0 Å². The number of halogens is 1. The van der Waals surface area contributed by atoms with Gasteiger partial charge in [-0.1, -0.05) is 48.0 Å². The number of rotatable bonds is 7. The molecule has 3 rings (SSSR count). The highest BCUT2D eigenvalue weighted by Crippen LogP contribution is 2.23. The van der Waals surface area contributed by atoms with Gasteiger partial charge in [-0.15, -0.1) is 12.4 Å². The summed E-state index contributed by atoms with van der Waals surface area (Å²) < 4.78 is 0. The Kier molecular flexibility index (Phi) is 8.68. The molecule has 29 heavy (non-hydrogen) atoms. The van der Waals surface area contributed by atoms with E-state index in [2.05, 4.69) is 10.6 Å². The Hall–Kier alpha value is -2.37. The first-order chi connectivity index (χ1) is 13.6. The molecule has 2 N–H and O–H groups in total. The molecular formula is C23H30ClN3O2. The van der Waals surface area contributed by atoms with Crippen molar-refractivity contribution in [3.05, 3.63) is 71.3 Å². The van der Waals surface area contributed by atoms with Crippen molar-refractivity contribution >= 4 is 24.2 Å². The molecule has 156 valence electrons. The summed E-state index contributed by atoms with van der Waals surface area (Å²) in [5, 5.41) is 6.24. The SMILES string of the molecule is CNCC1CCCN1C(=O)CC(NC(=O)c1ccc(C)cc1)c1ccccc1.Cl. The topological polar surface area (TPSA) is 61.4 Å². The average molecular weight is 416 g/mol. The van der Waals surface area contributed by atoms with Crippen LogP contribution in [0.15, 0.2) is 54.6 Å². The van der Waals surface area contributed by atoms with Crippen LogP contribution in [0, 0.1) is 6.92 Å². The van der Waals surface area contributed by atoms with Crippen LogP contribution in [0.2, 0.25) is 0 Å². The Morgan fingerprint density at radius 1 is 1.10 bits per heavy atom. The summed E-state index contributed by atoms with van der Waals surface area (Å²) in [4.78, 5) is 27.7. The minimum atomic E-state index is -0.349. The molecule has 1 aliphatic rings. The van der Waals surface area contributed by atoms with Crippen LogP contribution in [0.5, 0.6) is 0 Å². The second-order valence-electron chi connectivity index (χ2n) is 7.45. The van der Waals surface area contributed by atoms with Crippen molar-refractivity contribution in [1.29, 1.82) is 0 Å². The van der Waals surface area contributed by atoms with Crippen molar-refractivity contribution in [2.45, 2.75) is 38.3 Å². The van der Waals surface area contributed by atoms with E-state index in [1.807, 2.05) is 73.5 Å². The number of nitrogens with zero attached hydrogens (tertiary/aromatic N) is 1. The Balaban J connectivity index is 0.00000300. The molecule has 0 aromatic heterocycles. The van der Waals surface area contributed by atoms with Crippen molar-refractivity contribution in [3.63, 3.8) is 0 Å². The smallest absolute Gasteiger partial charge is 0.251 e. The van der Waals surface area contributed by atoms with E-state index in [1.165, 1.54) is 0 Å². The van der Waals surface area contributed by atoms with Gasteiger partial charge in [0.05, 0.1) is 12.5 Å². The molecule has 1 aliphatic heterocycles. The number of aryl methyl sites for hydroxylation is 1. The van der Waals surface area contributed by atoms with Crippen LogP contribution in [0.25, 0.3) is 0 Å². The molecular weight excluding hydrogens is 386 g/mol. The molecule has 2 amide bonds. The van der Waals surface area contributed by atoms with Crippen molar-refractivity contribution in [2.75, 3.05) is 20.1 Å². The molecule has 6 heteroatoms. The summed E-state index contributed by atoms with van der Waals surface area (Å²) in [5.74, 6) is -0.0642. The van der Waals surface area contributed by atoms with Crippen molar-refractivity contribution in [2.24, 2.45) is 0 Å². The van der Waals surface area contributed by atoms with Gasteiger partial charge in [-0.2, -0.15) is 0 Å². The Bertz CT molecular complexity index is 796. The van der Waals surface area contributed by atoms with E-state index in [-0.39, 0.29) is 42.7 Å². The van der Waals surface area contributed by atoms with Gasteiger partial charge < -0.3 is 15.5 Å². The van der Waals surface area contributed by atoms with Crippen molar-refractivity contribution in [1.82, 2.24) is 15.5 Å². The van der Waals surface area contributed by atoms with Crippen LogP contribution in [-0.2, 0) is 4.79 Å². The molecule has 2 atom stereocenters. The van der Waals surface area contributed by atoms with Gasteiger partial charge in [0.2, 0.25) is 5.91 Å². The van der Waals surface area contributed by atoms with E-state index in [9.17, 15) is 9.59 Å². The summed E-state index contributed by atoms with van der Waals surface area (Å²) in [6.07, 6.45) is 2.32. The highest BCUT2D eigenvalue weighted by molar-refractivity contribution is 5.94. The maximum atomic E-state index is 13.0. The maximum absolute atomic E-state index is 13.0. The first kappa shape index (κ1) is 22.9. The third kappa shape index (κ3) is 6.05. The van der Waals surface area contributed by atoms with Crippen LogP contribution in [0.1, 0.15) is 46.8 Å². The minimum absolute atomic E-state index is 0. The molecule has 0 bridgehead atoms. The largest absolute Gasteiger partial charge is 0.345 e. The highest BCUT2D eigenvalue weighted by Gasteiger charge is 2.30. The molecule has 1 saturated heterocycles. The third-order valence-corrected chi connectivity index (χ3v) is 5.34. The number of benzene rings is 2. The van der Waals surface area contributed by atoms with Crippen molar-refractivity contribution < 1.29 is 9.59 Å². The van der Waals surface area contributed by atoms with Crippen LogP contribution < -0.4 is 10.6 Å². The summed E-state index contributed by atoms with van der Waals surface area (Å²) in [6.45, 7) is 3.58. The molecule has 1 fully saturated rings. The predicted molar refractivity (Wildman–Crippen MR) is 118 cm³/mol. The standard InChI is InChI=1S/C23H29N3O2.ClH/c1-17-10-12-19(13-11-17)23(28)25-21(18-7-4-3-5-8-18)15-22(27)26-14-6-9-20(26)16-24-2;/h3-5,7-8,10-13,20-21,24H,6,9,14-16H2,1-2H3,(H,25,28);1H. The lowest BCUT2D eigenvalue weighted by atomic mass is 10.0. The quantitative estimate of drug-likeness (QED) is 0.727. The lowest BCUT2D eigenvalue weighted by Gasteiger charge is -2.27. The number of nitrogens with one attached hydrogen (secondary N) is 2. The summed E-state index contributed by atoms with van der Waals surface area (Å²) >= 11 is 0. The first-order valence-electron chi connectivity index (χ1n) is 9.95. The fraction of sp³-hybridized carbons (Fsp3) is 0.391. The maximum Gasteiger partial charge on any atom is 0.251 e. The molecule has 2 aromatic rings. The number of hydrogen-bond acceptors (Lipinski definition) is 3. The van der Waals surface area contributed by atoms with Crippen molar-refractivity contribution in [3.8, 4) is 0 Å². The van der Waals surface area contributed by atoms with Crippen LogP contribution in [-0.4, -0.2) is 42.9 Å². The molecule has 0 spiro atoms. The third-order valence-electron chi connectivity index (χ3n) is 5.34. The first-order valence-corrected chi connectivity index (χ1v) is 9.95. The number of likely N-dealkylation sites (tertiary alicyclic amines) is 1. The van der Waals surface area contributed by atoms with E-state index < -0.39 is 0 Å². The zero-order valence-electron chi connectivity index (χ0n) is 17.1. The predicted octanol–water partition coefficient (Wildman–Crippen LogP) is 3.49. The van der Waals surface area contributed by atoms with Gasteiger partial charge in [0, 0.05) is 24.7 Å². The lowest BCUT2D eigenvalue weighted by Crippen LogP contribution is -2.42. The molecule has 2 unspecified atom stereocenters. The molecule has 5 nitrogen and oxygen atoms in total. The minimum Gasteiger partial charge on any atom is -0.345 e.